The summed E-state index contributed by atoms with van der Waals surface area (Å²) >= 11 is 1.77. The highest BCUT2D eigenvalue weighted by atomic mass is 32.2. The lowest BCUT2D eigenvalue weighted by Crippen LogP contribution is -2.49. The number of hydrogen-bond acceptors (Lipinski definition) is 7. The Morgan fingerprint density at radius 1 is 1.24 bits per heavy atom. The minimum Gasteiger partial charge on any atom is -0.383 e. The average molecular weight is 531 g/mol. The molecule has 2 aromatic carbocycles. The molecular formula is C28H30N6O3S. The van der Waals surface area contributed by atoms with Crippen LogP contribution in [0.15, 0.2) is 52.8 Å². The molecule has 4 heterocycles. The zero-order valence-corrected chi connectivity index (χ0v) is 22.6. The van der Waals surface area contributed by atoms with Crippen molar-refractivity contribution in [2.75, 3.05) is 50.5 Å². The average Bonchev–Trinajstić information content (AvgIpc) is 3.32. The van der Waals surface area contributed by atoms with Crippen LogP contribution >= 0.6 is 11.8 Å². The van der Waals surface area contributed by atoms with E-state index in [-0.39, 0.29) is 17.6 Å². The van der Waals surface area contributed by atoms with E-state index >= 15 is 0 Å². The fraction of sp³-hybridized carbons (Fsp3) is 0.357. The lowest BCUT2D eigenvalue weighted by atomic mass is 9.95. The molecule has 38 heavy (non-hydrogen) atoms. The van der Waals surface area contributed by atoms with Crippen LogP contribution < -0.4 is 10.6 Å². The molecule has 0 aliphatic carbocycles. The minimum atomic E-state index is -0.269. The molecule has 0 radical (unpaired) electrons. The maximum atomic E-state index is 13.6. The molecule has 0 spiro atoms. The van der Waals surface area contributed by atoms with E-state index in [1.807, 2.05) is 22.5 Å². The molecule has 0 bridgehead atoms. The number of aromatic nitrogens is 4. The number of ether oxygens (including phenoxy) is 1. The van der Waals surface area contributed by atoms with E-state index < -0.39 is 0 Å². The van der Waals surface area contributed by atoms with Crippen molar-refractivity contribution >= 4 is 45.3 Å². The molecule has 1 saturated heterocycles. The molecule has 4 aromatic rings. The fourth-order valence-electron chi connectivity index (χ4n) is 5.81. The van der Waals surface area contributed by atoms with E-state index in [0.717, 1.165) is 49.1 Å². The van der Waals surface area contributed by atoms with Gasteiger partial charge in [-0.1, -0.05) is 24.8 Å². The van der Waals surface area contributed by atoms with Crippen LogP contribution in [-0.4, -0.2) is 75.8 Å². The fourth-order valence-corrected chi connectivity index (χ4v) is 7.18. The topological polar surface area (TPSA) is 85.5 Å². The molecule has 1 atom stereocenters. The first-order valence-electron chi connectivity index (χ1n) is 12.7. The monoisotopic (exact) mass is 530 g/mol. The highest BCUT2D eigenvalue weighted by Gasteiger charge is 2.31. The lowest BCUT2D eigenvalue weighted by molar-refractivity contribution is -0.126. The van der Waals surface area contributed by atoms with Crippen LogP contribution in [-0.2, 0) is 16.6 Å². The van der Waals surface area contributed by atoms with Crippen LogP contribution in [0.1, 0.15) is 11.6 Å². The molecule has 1 unspecified atom stereocenters. The van der Waals surface area contributed by atoms with Gasteiger partial charge in [0.2, 0.25) is 5.91 Å². The number of aryl methyl sites for hydroxylation is 2. The van der Waals surface area contributed by atoms with Crippen molar-refractivity contribution in [1.82, 2.24) is 24.2 Å². The first-order valence-corrected chi connectivity index (χ1v) is 13.7. The first-order chi connectivity index (χ1) is 18.4. The lowest BCUT2D eigenvalue weighted by Gasteiger charge is -2.36. The first kappa shape index (κ1) is 24.7. The Morgan fingerprint density at radius 3 is 2.76 bits per heavy atom. The summed E-state index contributed by atoms with van der Waals surface area (Å²) in [4.78, 5) is 35.4. The number of para-hydroxylation sites is 1. The number of carbonyl (C=O) groups is 1. The molecule has 9 nitrogen and oxygen atoms in total. The predicted molar refractivity (Wildman–Crippen MR) is 151 cm³/mol. The molecule has 0 N–H and O–H groups in total. The number of benzene rings is 2. The van der Waals surface area contributed by atoms with Gasteiger partial charge in [0, 0.05) is 72.9 Å². The maximum Gasteiger partial charge on any atom is 0.350 e. The Hall–Kier alpha value is -3.63. The number of thioether (sulfide) groups is 1. The number of hydrogen-bond donors (Lipinski definition) is 0. The summed E-state index contributed by atoms with van der Waals surface area (Å²) in [5, 5.41) is 6.53. The number of rotatable bonds is 5. The van der Waals surface area contributed by atoms with Gasteiger partial charge in [-0.2, -0.15) is 10.1 Å². The van der Waals surface area contributed by atoms with Crippen molar-refractivity contribution < 1.29 is 9.53 Å². The van der Waals surface area contributed by atoms with Gasteiger partial charge in [0.15, 0.2) is 0 Å². The van der Waals surface area contributed by atoms with Crippen LogP contribution in [0.4, 0.5) is 5.82 Å². The minimum absolute atomic E-state index is 0.0711. The van der Waals surface area contributed by atoms with E-state index in [4.69, 9.17) is 4.74 Å². The van der Waals surface area contributed by atoms with Crippen LogP contribution in [0.5, 0.6) is 0 Å². The summed E-state index contributed by atoms with van der Waals surface area (Å²) in [6.45, 7) is 8.49. The van der Waals surface area contributed by atoms with Crippen molar-refractivity contribution in [2.45, 2.75) is 17.9 Å². The summed E-state index contributed by atoms with van der Waals surface area (Å²) < 4.78 is 9.25. The zero-order valence-electron chi connectivity index (χ0n) is 21.8. The summed E-state index contributed by atoms with van der Waals surface area (Å²) in [6, 6.07) is 8.32. The number of piperazine rings is 1. The number of methoxy groups -OCH3 is 1. The predicted octanol–water partition coefficient (Wildman–Crippen LogP) is 3.39. The number of amides is 1. The van der Waals surface area contributed by atoms with E-state index in [0.29, 0.717) is 38.6 Å². The summed E-state index contributed by atoms with van der Waals surface area (Å²) in [5.74, 6) is 1.33. The Bertz CT molecular complexity index is 1650. The molecule has 2 aliphatic heterocycles. The second-order valence-corrected chi connectivity index (χ2v) is 10.9. The molecule has 0 saturated carbocycles. The van der Waals surface area contributed by atoms with Gasteiger partial charge in [-0.15, -0.1) is 11.8 Å². The second-order valence-electron chi connectivity index (χ2n) is 9.83. The molecular weight excluding hydrogens is 500 g/mol. The van der Waals surface area contributed by atoms with Crippen molar-refractivity contribution in [3.8, 4) is 11.1 Å². The molecule has 196 valence electrons. The molecule has 2 aliphatic rings. The number of anilines is 1. The van der Waals surface area contributed by atoms with Gasteiger partial charge in [0.25, 0.3) is 0 Å². The van der Waals surface area contributed by atoms with Crippen LogP contribution in [0.25, 0.3) is 32.9 Å². The number of nitrogens with zero attached hydrogens (tertiary/aromatic N) is 6. The third kappa shape index (κ3) is 3.82. The highest BCUT2D eigenvalue weighted by molar-refractivity contribution is 7.99. The smallest absolute Gasteiger partial charge is 0.350 e. The summed E-state index contributed by atoms with van der Waals surface area (Å²) in [7, 11) is 3.63. The Labute approximate surface area is 224 Å². The molecule has 2 aromatic heterocycles. The third-order valence-electron chi connectivity index (χ3n) is 7.58. The van der Waals surface area contributed by atoms with Crippen molar-refractivity contribution in [1.29, 1.82) is 0 Å². The molecule has 1 amide bonds. The SMILES string of the molecule is C=CC(=O)N1CCN(c2nc(=O)n3c4c(c(-c5cccc6cnn(C)c56)c(C)cc24)SCC3COC)CC1. The van der Waals surface area contributed by atoms with E-state index in [9.17, 15) is 9.59 Å². The van der Waals surface area contributed by atoms with E-state index in [1.165, 1.54) is 6.08 Å². The van der Waals surface area contributed by atoms with Gasteiger partial charge in [-0.25, -0.2) is 4.79 Å². The summed E-state index contributed by atoms with van der Waals surface area (Å²) in [6.07, 6.45) is 3.24. The van der Waals surface area contributed by atoms with E-state index in [2.05, 4.69) is 52.8 Å². The van der Waals surface area contributed by atoms with Crippen molar-refractivity contribution in [3.63, 3.8) is 0 Å². The van der Waals surface area contributed by atoms with Gasteiger partial charge >= 0.3 is 5.69 Å². The van der Waals surface area contributed by atoms with Gasteiger partial charge in [0.1, 0.15) is 5.82 Å². The molecule has 6 rings (SSSR count). The Balaban J connectivity index is 1.59. The van der Waals surface area contributed by atoms with Crippen molar-refractivity contribution in [2.24, 2.45) is 7.05 Å². The Kier molecular flexibility index (Phi) is 6.23. The number of fused-ring (bicyclic) bond motifs is 1. The zero-order chi connectivity index (χ0) is 26.6. The van der Waals surface area contributed by atoms with Crippen LogP contribution in [0.3, 0.4) is 0 Å². The summed E-state index contributed by atoms with van der Waals surface area (Å²) in [5.41, 5.74) is 5.05. The molecule has 1 fully saturated rings. The van der Waals surface area contributed by atoms with E-state index in [1.54, 1.807) is 23.8 Å². The highest BCUT2D eigenvalue weighted by Crippen LogP contribution is 2.47. The Morgan fingerprint density at radius 2 is 2.03 bits per heavy atom. The normalized spacial score (nSPS) is 17.4. The standard InChI is InChI=1S/C28H30N6O3S/c1-5-22(35)32-9-11-33(12-10-32)27-21-13-17(2)23(20-8-6-7-18-14-29-31(3)24(18)20)26-25(21)34(28(36)30-27)19(15-37-4)16-38-26/h5-8,13-14,19H,1,9-12,15-16H2,2-4H3. The second kappa shape index (κ2) is 9.59. The van der Waals surface area contributed by atoms with Gasteiger partial charge < -0.3 is 14.5 Å². The third-order valence-corrected chi connectivity index (χ3v) is 8.82. The van der Waals surface area contributed by atoms with Crippen molar-refractivity contribution in [3.05, 3.63) is 59.2 Å². The molecule has 10 heteroatoms. The van der Waals surface area contributed by atoms with Gasteiger partial charge in [-0.3, -0.25) is 14.0 Å². The number of carbonyl (C=O) groups excluding carboxylic acids is 1. The maximum absolute atomic E-state index is 13.6. The van der Waals surface area contributed by atoms with Gasteiger partial charge in [-0.05, 0) is 24.6 Å². The van der Waals surface area contributed by atoms with Crippen LogP contribution in [0, 0.1) is 6.92 Å². The quantitative estimate of drug-likeness (QED) is 0.366. The van der Waals surface area contributed by atoms with Gasteiger partial charge in [0.05, 0.1) is 29.9 Å². The largest absolute Gasteiger partial charge is 0.383 e. The van der Waals surface area contributed by atoms with Crippen LogP contribution in [0.2, 0.25) is 0 Å².